The zero-order valence-corrected chi connectivity index (χ0v) is 14.3. The Labute approximate surface area is 132 Å². The molecular formula is C14H19BrClN3O. The minimum Gasteiger partial charge on any atom is -0.457 e. The first-order chi connectivity index (χ1) is 9.58. The summed E-state index contributed by atoms with van der Waals surface area (Å²) in [5.74, 6) is 0. The summed E-state index contributed by atoms with van der Waals surface area (Å²) in [6.07, 6.45) is 3.30. The first kappa shape index (κ1) is 15.6. The van der Waals surface area contributed by atoms with E-state index in [0.29, 0.717) is 0 Å². The summed E-state index contributed by atoms with van der Waals surface area (Å²) < 4.78 is 7.97. The second kappa shape index (κ2) is 6.78. The summed E-state index contributed by atoms with van der Waals surface area (Å²) in [7, 11) is 1.94. The maximum atomic E-state index is 6.43. The van der Waals surface area contributed by atoms with Crippen molar-refractivity contribution >= 4 is 27.5 Å². The molecular weight excluding hydrogens is 342 g/mol. The Balaban J connectivity index is 2.29. The van der Waals surface area contributed by atoms with Crippen molar-refractivity contribution in [2.75, 3.05) is 6.54 Å². The van der Waals surface area contributed by atoms with Gasteiger partial charge in [0, 0.05) is 25.1 Å². The number of furan rings is 1. The molecule has 0 aromatic carbocycles. The van der Waals surface area contributed by atoms with Crippen molar-refractivity contribution in [3.05, 3.63) is 39.0 Å². The predicted molar refractivity (Wildman–Crippen MR) is 84.1 cm³/mol. The van der Waals surface area contributed by atoms with Crippen molar-refractivity contribution in [3.8, 4) is 0 Å². The van der Waals surface area contributed by atoms with Gasteiger partial charge in [0.2, 0.25) is 0 Å². The summed E-state index contributed by atoms with van der Waals surface area (Å²) in [6.45, 7) is 5.02. The van der Waals surface area contributed by atoms with Gasteiger partial charge < -0.3 is 9.73 Å². The monoisotopic (exact) mass is 359 g/mol. The molecule has 1 atom stereocenters. The Morgan fingerprint density at radius 3 is 2.75 bits per heavy atom. The highest BCUT2D eigenvalue weighted by atomic mass is 79.9. The standard InChI is InChI=1S/C14H19BrClN3O/c1-4-10-13(16)12(19(3)18-10)8-11(17-5-2)9-6-7-20-14(9)15/h6-7,11,17H,4-5,8H2,1-3H3. The summed E-state index contributed by atoms with van der Waals surface area (Å²) in [5, 5.41) is 8.71. The first-order valence-electron chi connectivity index (χ1n) is 6.74. The number of likely N-dealkylation sites (N-methyl/N-ethyl adjacent to an activating group) is 1. The van der Waals surface area contributed by atoms with Crippen LogP contribution in [-0.4, -0.2) is 16.3 Å². The number of rotatable bonds is 6. The van der Waals surface area contributed by atoms with Crippen molar-refractivity contribution in [1.29, 1.82) is 0 Å². The minimum absolute atomic E-state index is 0.144. The third-order valence-electron chi connectivity index (χ3n) is 3.37. The van der Waals surface area contributed by atoms with Gasteiger partial charge >= 0.3 is 0 Å². The fraction of sp³-hybridized carbons (Fsp3) is 0.500. The molecule has 0 fully saturated rings. The van der Waals surface area contributed by atoms with Crippen LogP contribution in [0.4, 0.5) is 0 Å². The van der Waals surface area contributed by atoms with E-state index in [-0.39, 0.29) is 6.04 Å². The lowest BCUT2D eigenvalue weighted by Gasteiger charge is -2.17. The average molecular weight is 361 g/mol. The average Bonchev–Trinajstić information content (AvgIpc) is 2.96. The van der Waals surface area contributed by atoms with Crippen LogP contribution in [0.2, 0.25) is 5.02 Å². The topological polar surface area (TPSA) is 43.0 Å². The van der Waals surface area contributed by atoms with Crippen LogP contribution in [0, 0.1) is 0 Å². The Kier molecular flexibility index (Phi) is 5.29. The van der Waals surface area contributed by atoms with E-state index in [9.17, 15) is 0 Å². The second-order valence-corrected chi connectivity index (χ2v) is 5.75. The van der Waals surface area contributed by atoms with E-state index in [2.05, 4.69) is 40.2 Å². The lowest BCUT2D eigenvalue weighted by atomic mass is 10.0. The number of nitrogens with zero attached hydrogens (tertiary/aromatic N) is 2. The normalized spacial score (nSPS) is 12.8. The van der Waals surface area contributed by atoms with Crippen LogP contribution in [0.25, 0.3) is 0 Å². The molecule has 0 bridgehead atoms. The van der Waals surface area contributed by atoms with Crippen molar-refractivity contribution in [2.45, 2.75) is 32.7 Å². The maximum absolute atomic E-state index is 6.43. The van der Waals surface area contributed by atoms with E-state index in [1.807, 2.05) is 17.8 Å². The molecule has 0 saturated heterocycles. The molecule has 2 heterocycles. The Hall–Kier alpha value is -0.780. The second-order valence-electron chi connectivity index (χ2n) is 4.65. The number of hydrogen-bond donors (Lipinski definition) is 1. The summed E-state index contributed by atoms with van der Waals surface area (Å²) >= 11 is 9.87. The highest BCUT2D eigenvalue weighted by Crippen LogP contribution is 2.30. The molecule has 1 N–H and O–H groups in total. The largest absolute Gasteiger partial charge is 0.457 e. The molecule has 2 aromatic rings. The van der Waals surface area contributed by atoms with Gasteiger partial charge in [0.15, 0.2) is 4.67 Å². The van der Waals surface area contributed by atoms with Crippen LogP contribution in [0.15, 0.2) is 21.4 Å². The van der Waals surface area contributed by atoms with Gasteiger partial charge in [-0.05, 0) is 35.0 Å². The molecule has 0 aliphatic heterocycles. The molecule has 0 amide bonds. The quantitative estimate of drug-likeness (QED) is 0.850. The SMILES string of the molecule is CCNC(Cc1c(Cl)c(CC)nn1C)c1ccoc1Br. The zero-order chi connectivity index (χ0) is 14.7. The third-order valence-corrected chi connectivity index (χ3v) is 4.45. The zero-order valence-electron chi connectivity index (χ0n) is 11.9. The number of halogens is 2. The van der Waals surface area contributed by atoms with E-state index in [1.165, 1.54) is 0 Å². The van der Waals surface area contributed by atoms with Crippen molar-refractivity contribution in [3.63, 3.8) is 0 Å². The molecule has 1 unspecified atom stereocenters. The van der Waals surface area contributed by atoms with Crippen LogP contribution in [0.3, 0.4) is 0 Å². The lowest BCUT2D eigenvalue weighted by Crippen LogP contribution is -2.24. The third kappa shape index (κ3) is 3.10. The van der Waals surface area contributed by atoms with Gasteiger partial charge in [-0.2, -0.15) is 5.10 Å². The number of aryl methyl sites for hydroxylation is 2. The molecule has 0 aliphatic carbocycles. The molecule has 0 saturated carbocycles. The molecule has 0 aliphatic rings. The van der Waals surface area contributed by atoms with Crippen LogP contribution >= 0.6 is 27.5 Å². The molecule has 20 heavy (non-hydrogen) atoms. The Morgan fingerprint density at radius 2 is 2.25 bits per heavy atom. The van der Waals surface area contributed by atoms with Crippen molar-refractivity contribution in [2.24, 2.45) is 7.05 Å². The van der Waals surface area contributed by atoms with Gasteiger partial charge in [-0.15, -0.1) is 0 Å². The molecule has 2 aromatic heterocycles. The highest BCUT2D eigenvalue weighted by Gasteiger charge is 2.21. The van der Waals surface area contributed by atoms with Gasteiger partial charge in [-0.3, -0.25) is 4.68 Å². The van der Waals surface area contributed by atoms with E-state index in [1.54, 1.807) is 6.26 Å². The summed E-state index contributed by atoms with van der Waals surface area (Å²) in [4.78, 5) is 0. The molecule has 2 rings (SSSR count). The van der Waals surface area contributed by atoms with E-state index in [0.717, 1.165) is 46.0 Å². The number of aromatic nitrogens is 2. The predicted octanol–water partition coefficient (Wildman–Crippen LogP) is 3.88. The molecule has 0 radical (unpaired) electrons. The highest BCUT2D eigenvalue weighted by molar-refractivity contribution is 9.10. The molecule has 6 heteroatoms. The van der Waals surface area contributed by atoms with Crippen LogP contribution in [0.1, 0.15) is 36.8 Å². The van der Waals surface area contributed by atoms with Crippen LogP contribution in [-0.2, 0) is 19.9 Å². The van der Waals surface area contributed by atoms with Crippen LogP contribution < -0.4 is 5.32 Å². The van der Waals surface area contributed by atoms with Gasteiger partial charge in [-0.25, -0.2) is 0 Å². The van der Waals surface area contributed by atoms with Gasteiger partial charge in [0.05, 0.1) is 22.7 Å². The Bertz CT molecular complexity index is 579. The number of nitrogens with one attached hydrogen (secondary N) is 1. The van der Waals surface area contributed by atoms with E-state index >= 15 is 0 Å². The summed E-state index contributed by atoms with van der Waals surface area (Å²) in [6, 6.07) is 2.12. The van der Waals surface area contributed by atoms with Gasteiger partial charge in [0.25, 0.3) is 0 Å². The van der Waals surface area contributed by atoms with Crippen molar-refractivity contribution in [1.82, 2.24) is 15.1 Å². The maximum Gasteiger partial charge on any atom is 0.173 e. The molecule has 110 valence electrons. The van der Waals surface area contributed by atoms with Gasteiger partial charge in [0.1, 0.15) is 0 Å². The molecule has 4 nitrogen and oxygen atoms in total. The molecule has 0 spiro atoms. The van der Waals surface area contributed by atoms with E-state index in [4.69, 9.17) is 16.0 Å². The van der Waals surface area contributed by atoms with E-state index < -0.39 is 0 Å². The fourth-order valence-corrected chi connectivity index (χ4v) is 3.21. The minimum atomic E-state index is 0.144. The number of hydrogen-bond acceptors (Lipinski definition) is 3. The van der Waals surface area contributed by atoms with Gasteiger partial charge in [-0.1, -0.05) is 25.4 Å². The smallest absolute Gasteiger partial charge is 0.173 e. The summed E-state index contributed by atoms with van der Waals surface area (Å²) in [5.41, 5.74) is 3.09. The Morgan fingerprint density at radius 1 is 1.50 bits per heavy atom. The van der Waals surface area contributed by atoms with Crippen molar-refractivity contribution < 1.29 is 4.42 Å². The van der Waals surface area contributed by atoms with Crippen LogP contribution in [0.5, 0.6) is 0 Å². The first-order valence-corrected chi connectivity index (χ1v) is 7.92. The fourth-order valence-electron chi connectivity index (χ4n) is 2.33. The lowest BCUT2D eigenvalue weighted by molar-refractivity contribution is 0.498.